The minimum absolute atomic E-state index is 0.175. The van der Waals surface area contributed by atoms with Crippen molar-refractivity contribution >= 4 is 0 Å². The molecule has 3 aliphatic heterocycles. The lowest BCUT2D eigenvalue weighted by molar-refractivity contribution is 0.00483. The average Bonchev–Trinajstić information content (AvgIpc) is 3.67. The Morgan fingerprint density at radius 1 is 0.268 bits per heavy atom. The Morgan fingerprint density at radius 3 is 0.646 bits per heavy atom. The van der Waals surface area contributed by atoms with E-state index in [9.17, 15) is 0 Å². The highest BCUT2D eigenvalue weighted by atomic mass is 16.6. The summed E-state index contributed by atoms with van der Waals surface area (Å²) in [5, 5.41) is 0. The molecule has 4 aliphatic rings. The van der Waals surface area contributed by atoms with Crippen LogP contribution >= 0.6 is 0 Å². The first-order chi connectivity index (χ1) is 40.4. The normalized spacial score (nSPS) is 19.8. The van der Waals surface area contributed by atoms with Gasteiger partial charge in [-0.1, -0.05) is 105 Å². The van der Waals surface area contributed by atoms with Crippen molar-refractivity contribution < 1.29 is 66.3 Å². The Bertz CT molecular complexity index is 2290. The molecule has 14 nitrogen and oxygen atoms in total. The molecule has 4 aromatic rings. The summed E-state index contributed by atoms with van der Waals surface area (Å²) < 4.78 is 90.7. The van der Waals surface area contributed by atoms with Crippen molar-refractivity contribution in [3.8, 4) is 46.0 Å². The molecule has 1 aliphatic carbocycles. The van der Waals surface area contributed by atoms with Gasteiger partial charge < -0.3 is 66.3 Å². The van der Waals surface area contributed by atoms with Crippen LogP contribution in [0.1, 0.15) is 199 Å². The summed E-state index contributed by atoms with van der Waals surface area (Å²) in [6.07, 6.45) is 15.8. The van der Waals surface area contributed by atoms with Crippen LogP contribution in [0.3, 0.4) is 0 Å². The Labute approximate surface area is 491 Å². The Morgan fingerprint density at radius 2 is 0.463 bits per heavy atom. The third-order valence-corrected chi connectivity index (χ3v) is 16.3. The fourth-order valence-corrected chi connectivity index (χ4v) is 12.0. The Hall–Kier alpha value is -4.96. The molecule has 0 amide bonds. The highest BCUT2D eigenvalue weighted by Gasteiger charge is 2.35. The molecular formula is C68H100O14. The van der Waals surface area contributed by atoms with Crippen LogP contribution in [0, 0.1) is 0 Å². The zero-order valence-corrected chi connectivity index (χ0v) is 51.3. The van der Waals surface area contributed by atoms with Gasteiger partial charge in [-0.25, -0.2) is 0 Å². The third-order valence-electron chi connectivity index (χ3n) is 16.3. The highest BCUT2D eigenvalue weighted by Crippen LogP contribution is 2.54. The van der Waals surface area contributed by atoms with Crippen LogP contribution in [0.5, 0.6) is 46.0 Å². The van der Waals surface area contributed by atoms with Crippen molar-refractivity contribution in [2.45, 2.75) is 154 Å². The average molecular weight is 1140 g/mol. The van der Waals surface area contributed by atoms with Gasteiger partial charge in [0.2, 0.25) is 0 Å². The molecule has 14 heteroatoms. The quantitative estimate of drug-likeness (QED) is 0.0615. The molecule has 0 unspecified atom stereocenters. The molecule has 0 aromatic heterocycles. The highest BCUT2D eigenvalue weighted by molar-refractivity contribution is 5.63. The van der Waals surface area contributed by atoms with E-state index in [0.29, 0.717) is 106 Å². The first-order valence-corrected chi connectivity index (χ1v) is 31.3. The van der Waals surface area contributed by atoms with Gasteiger partial charge in [-0.2, -0.15) is 0 Å². The first kappa shape index (κ1) is 64.6. The van der Waals surface area contributed by atoms with Crippen molar-refractivity contribution in [3.63, 3.8) is 0 Å². The van der Waals surface area contributed by atoms with Gasteiger partial charge in [-0.15, -0.1) is 0 Å². The molecular weight excluding hydrogens is 1040 g/mol. The smallest absolute Gasteiger partial charge is 0.126 e. The molecule has 456 valence electrons. The molecule has 8 rings (SSSR count). The molecule has 0 spiro atoms. The molecule has 0 radical (unpaired) electrons. The molecule has 0 saturated carbocycles. The first-order valence-electron chi connectivity index (χ1n) is 31.3. The lowest BCUT2D eigenvalue weighted by atomic mass is 9.76. The topological polar surface area (TPSA) is 129 Å². The van der Waals surface area contributed by atoms with E-state index >= 15 is 0 Å². The van der Waals surface area contributed by atoms with E-state index < -0.39 is 0 Å². The van der Waals surface area contributed by atoms with Crippen molar-refractivity contribution in [3.05, 3.63) is 93.0 Å². The zero-order valence-electron chi connectivity index (χ0n) is 51.3. The summed E-state index contributed by atoms with van der Waals surface area (Å²) in [5.74, 6) is 5.30. The van der Waals surface area contributed by atoms with Crippen LogP contribution in [0.2, 0.25) is 0 Å². The molecule has 3 heterocycles. The monoisotopic (exact) mass is 1140 g/mol. The van der Waals surface area contributed by atoms with Crippen LogP contribution in [0.4, 0.5) is 0 Å². The third kappa shape index (κ3) is 18.0. The van der Waals surface area contributed by atoms with Gasteiger partial charge in [0.05, 0.1) is 108 Å². The van der Waals surface area contributed by atoms with Crippen molar-refractivity contribution in [1.82, 2.24) is 0 Å². The summed E-state index contributed by atoms with van der Waals surface area (Å²) in [5.41, 5.74) is 8.53. The van der Waals surface area contributed by atoms with Crippen molar-refractivity contribution in [2.24, 2.45) is 0 Å². The molecule has 4 atom stereocenters. The summed E-state index contributed by atoms with van der Waals surface area (Å²) >= 11 is 0. The van der Waals surface area contributed by atoms with Gasteiger partial charge >= 0.3 is 0 Å². The minimum Gasteiger partial charge on any atom is -0.496 e. The van der Waals surface area contributed by atoms with Crippen LogP contribution in [-0.2, 0) is 28.4 Å². The van der Waals surface area contributed by atoms with E-state index in [1.807, 2.05) is 0 Å². The number of fused-ring (bicyclic) bond motifs is 15. The second-order valence-electron chi connectivity index (χ2n) is 21.8. The Balaban J connectivity index is 1.67. The number of methoxy groups -OCH3 is 4. The van der Waals surface area contributed by atoms with Gasteiger partial charge in [0.1, 0.15) is 72.4 Å². The predicted octanol–water partition coefficient (Wildman–Crippen LogP) is 14.5. The summed E-state index contributed by atoms with van der Waals surface area (Å²) in [4.78, 5) is 0. The minimum atomic E-state index is -0.179. The molecule has 10 bridgehead atoms. The van der Waals surface area contributed by atoms with Crippen LogP contribution in [0.15, 0.2) is 48.5 Å². The van der Waals surface area contributed by atoms with E-state index in [1.165, 1.54) is 0 Å². The number of ether oxygens (including phenoxy) is 14. The second kappa shape index (κ2) is 36.0. The van der Waals surface area contributed by atoms with Gasteiger partial charge in [0, 0.05) is 92.4 Å². The van der Waals surface area contributed by atoms with Crippen LogP contribution < -0.4 is 37.9 Å². The van der Waals surface area contributed by atoms with Gasteiger partial charge in [0.15, 0.2) is 0 Å². The largest absolute Gasteiger partial charge is 0.496 e. The van der Waals surface area contributed by atoms with Crippen molar-refractivity contribution in [1.29, 1.82) is 0 Å². The van der Waals surface area contributed by atoms with E-state index in [2.05, 4.69) is 76.2 Å². The maximum Gasteiger partial charge on any atom is 0.126 e. The van der Waals surface area contributed by atoms with Gasteiger partial charge in [0.25, 0.3) is 0 Å². The Kier molecular flexibility index (Phi) is 28.4. The zero-order chi connectivity index (χ0) is 57.7. The molecule has 4 aromatic carbocycles. The maximum absolute atomic E-state index is 7.00. The lowest BCUT2D eigenvalue weighted by Gasteiger charge is -2.32. The fraction of sp³-hybridized carbons (Fsp3) is 0.647. The number of benzene rings is 4. The molecule has 82 heavy (non-hydrogen) atoms. The van der Waals surface area contributed by atoms with E-state index in [4.69, 9.17) is 66.3 Å². The second-order valence-corrected chi connectivity index (χ2v) is 21.8. The SMILES string of the molecule is CCCCC[C@@H]1c2cc3c(cc2OC)OCCOCCOCCOCCOc2cc(OC)c(cc21)[C@@H](CCCCC)c1cc2c(OC)cc1OCCOCCOCCOCCOc1cc(OC)c(cc1[C@@H]2CCCCC)[C@H]3CCCCC. The number of hydrogen-bond donors (Lipinski definition) is 0. The number of rotatable bonds is 20. The van der Waals surface area contributed by atoms with E-state index in [-0.39, 0.29) is 23.7 Å². The van der Waals surface area contributed by atoms with Crippen molar-refractivity contribution in [2.75, 3.05) is 134 Å². The molecule has 0 saturated heterocycles. The fourth-order valence-electron chi connectivity index (χ4n) is 12.0. The molecule has 0 N–H and O–H groups in total. The van der Waals surface area contributed by atoms with Gasteiger partial charge in [-0.05, 0) is 49.9 Å². The molecule has 0 fully saturated rings. The summed E-state index contributed by atoms with van der Waals surface area (Å²) in [6.45, 7) is 15.5. The maximum atomic E-state index is 7.00. The van der Waals surface area contributed by atoms with E-state index in [1.54, 1.807) is 28.4 Å². The van der Waals surface area contributed by atoms with Crippen LogP contribution in [0.25, 0.3) is 0 Å². The predicted molar refractivity (Wildman–Crippen MR) is 323 cm³/mol. The summed E-state index contributed by atoms with van der Waals surface area (Å²) in [6, 6.07) is 18.1. The lowest BCUT2D eigenvalue weighted by Crippen LogP contribution is -2.18. The number of unbranched alkanes of at least 4 members (excludes halogenated alkanes) is 8. The number of hydrogen-bond acceptors (Lipinski definition) is 14. The standard InChI is InChI=1S/C68H100O14/c1-9-13-17-21-49-53-41-59-52(24-20-16-12-4)56-44-58-50(22-18-14-10-2)54-42-60(68(46-62(54)70-6)82-40-36-78-32-28-74-26-30-76-34-38-80-66(58)48-64(56)72-8)51(23-19-15-11-3)55-43-57(49)65(47-63(55)71-7)79-37-33-75-29-25-73-27-31-77-35-39-81-67(59)45-61(53)69-5/h41-52H,9-40H2,1-8H3/t49-,50-,51-,52-/m1/s1. The van der Waals surface area contributed by atoms with Crippen LogP contribution in [-0.4, -0.2) is 134 Å². The summed E-state index contributed by atoms with van der Waals surface area (Å²) in [7, 11) is 7.11. The van der Waals surface area contributed by atoms with Gasteiger partial charge in [-0.3, -0.25) is 0 Å². The van der Waals surface area contributed by atoms with E-state index in [0.717, 1.165) is 193 Å².